The molecule has 0 aliphatic carbocycles. The van der Waals surface area contributed by atoms with Gasteiger partial charge in [0, 0.05) is 19.1 Å². The maximum absolute atomic E-state index is 12.4. The molecule has 1 rings (SSSR count). The molecule has 0 aliphatic heterocycles. The van der Waals surface area contributed by atoms with Crippen molar-refractivity contribution in [3.05, 3.63) is 35.4 Å². The van der Waals surface area contributed by atoms with Crippen LogP contribution in [0.2, 0.25) is 0 Å². The highest BCUT2D eigenvalue weighted by Crippen LogP contribution is 2.29. The summed E-state index contributed by atoms with van der Waals surface area (Å²) in [5.41, 5.74) is -0.0130. The standard InChI is InChI=1S/C15H20F3NO2/c1-10(9-20)8-19-14(21)11(2)7-12-3-5-13(6-4-12)15(16,17)18/h3-6,10-11,20H,7-9H2,1-2H3,(H,19,21). The molecule has 0 heterocycles. The molecule has 2 atom stereocenters. The average Bonchev–Trinajstić information content (AvgIpc) is 2.43. The van der Waals surface area contributed by atoms with Crippen molar-refractivity contribution in [2.24, 2.45) is 11.8 Å². The van der Waals surface area contributed by atoms with E-state index in [-0.39, 0.29) is 24.3 Å². The molecule has 6 heteroatoms. The zero-order chi connectivity index (χ0) is 16.0. The molecule has 21 heavy (non-hydrogen) atoms. The number of amides is 1. The van der Waals surface area contributed by atoms with Gasteiger partial charge in [0.1, 0.15) is 0 Å². The second-order valence-electron chi connectivity index (χ2n) is 5.33. The van der Waals surface area contributed by atoms with E-state index < -0.39 is 11.7 Å². The Labute approximate surface area is 122 Å². The molecule has 0 saturated carbocycles. The number of nitrogens with one attached hydrogen (secondary N) is 1. The van der Waals surface area contributed by atoms with E-state index in [9.17, 15) is 18.0 Å². The number of benzene rings is 1. The van der Waals surface area contributed by atoms with Gasteiger partial charge in [0.25, 0.3) is 0 Å². The van der Waals surface area contributed by atoms with Crippen LogP contribution < -0.4 is 5.32 Å². The molecular weight excluding hydrogens is 283 g/mol. The summed E-state index contributed by atoms with van der Waals surface area (Å²) >= 11 is 0. The number of hydrogen-bond acceptors (Lipinski definition) is 2. The highest BCUT2D eigenvalue weighted by Gasteiger charge is 2.30. The lowest BCUT2D eigenvalue weighted by molar-refractivity contribution is -0.137. The smallest absolute Gasteiger partial charge is 0.396 e. The molecule has 2 N–H and O–H groups in total. The van der Waals surface area contributed by atoms with Crippen molar-refractivity contribution in [1.82, 2.24) is 5.32 Å². The molecule has 2 unspecified atom stereocenters. The summed E-state index contributed by atoms with van der Waals surface area (Å²) in [6.45, 7) is 3.90. The predicted octanol–water partition coefficient (Wildman–Crippen LogP) is 2.63. The Balaban J connectivity index is 2.54. The maximum atomic E-state index is 12.4. The van der Waals surface area contributed by atoms with E-state index >= 15 is 0 Å². The monoisotopic (exact) mass is 303 g/mol. The minimum Gasteiger partial charge on any atom is -0.396 e. The van der Waals surface area contributed by atoms with Gasteiger partial charge in [-0.25, -0.2) is 0 Å². The summed E-state index contributed by atoms with van der Waals surface area (Å²) in [6.07, 6.45) is -3.97. The molecule has 3 nitrogen and oxygen atoms in total. The minimum atomic E-state index is -4.35. The summed E-state index contributed by atoms with van der Waals surface area (Å²) in [7, 11) is 0. The van der Waals surface area contributed by atoms with Gasteiger partial charge in [0.15, 0.2) is 0 Å². The van der Waals surface area contributed by atoms with Crippen molar-refractivity contribution in [3.8, 4) is 0 Å². The number of aliphatic hydroxyl groups excluding tert-OH is 1. The van der Waals surface area contributed by atoms with Crippen LogP contribution in [0.5, 0.6) is 0 Å². The van der Waals surface area contributed by atoms with E-state index in [1.807, 2.05) is 0 Å². The van der Waals surface area contributed by atoms with Gasteiger partial charge in [-0.15, -0.1) is 0 Å². The maximum Gasteiger partial charge on any atom is 0.416 e. The lowest BCUT2D eigenvalue weighted by Crippen LogP contribution is -2.34. The highest BCUT2D eigenvalue weighted by atomic mass is 19.4. The number of hydrogen-bond donors (Lipinski definition) is 2. The van der Waals surface area contributed by atoms with Crippen LogP contribution in [-0.4, -0.2) is 24.2 Å². The fraction of sp³-hybridized carbons (Fsp3) is 0.533. The average molecular weight is 303 g/mol. The number of aliphatic hydroxyl groups is 1. The fourth-order valence-corrected chi connectivity index (χ4v) is 1.79. The first-order valence-corrected chi connectivity index (χ1v) is 6.78. The topological polar surface area (TPSA) is 49.3 Å². The lowest BCUT2D eigenvalue weighted by atomic mass is 9.99. The highest BCUT2D eigenvalue weighted by molar-refractivity contribution is 5.78. The first kappa shape index (κ1) is 17.5. The van der Waals surface area contributed by atoms with Crippen LogP contribution >= 0.6 is 0 Å². The Morgan fingerprint density at radius 2 is 1.81 bits per heavy atom. The number of carbonyl (C=O) groups excluding carboxylic acids is 1. The second kappa shape index (κ2) is 7.45. The largest absolute Gasteiger partial charge is 0.416 e. The van der Waals surface area contributed by atoms with E-state index in [2.05, 4.69) is 5.32 Å². The van der Waals surface area contributed by atoms with Crippen molar-refractivity contribution in [2.45, 2.75) is 26.4 Å². The van der Waals surface area contributed by atoms with Gasteiger partial charge in [0.05, 0.1) is 5.56 Å². The quantitative estimate of drug-likeness (QED) is 0.849. The summed E-state index contributed by atoms with van der Waals surface area (Å²) in [4.78, 5) is 11.8. The predicted molar refractivity (Wildman–Crippen MR) is 73.6 cm³/mol. The zero-order valence-electron chi connectivity index (χ0n) is 12.1. The first-order chi connectivity index (χ1) is 9.74. The number of rotatable bonds is 6. The molecule has 118 valence electrons. The van der Waals surface area contributed by atoms with Crippen LogP contribution in [0.4, 0.5) is 13.2 Å². The summed E-state index contributed by atoms with van der Waals surface area (Å²) in [6, 6.07) is 4.83. The second-order valence-corrected chi connectivity index (χ2v) is 5.33. The van der Waals surface area contributed by atoms with Gasteiger partial charge < -0.3 is 10.4 Å². The van der Waals surface area contributed by atoms with Crippen LogP contribution in [0.25, 0.3) is 0 Å². The summed E-state index contributed by atoms with van der Waals surface area (Å²) in [5, 5.41) is 11.6. The van der Waals surface area contributed by atoms with Gasteiger partial charge in [-0.05, 0) is 30.0 Å². The van der Waals surface area contributed by atoms with Crippen molar-refractivity contribution in [3.63, 3.8) is 0 Å². The summed E-state index contributed by atoms with van der Waals surface area (Å²) in [5.74, 6) is -0.532. The van der Waals surface area contributed by atoms with E-state index in [0.717, 1.165) is 12.1 Å². The van der Waals surface area contributed by atoms with E-state index in [4.69, 9.17) is 5.11 Å². The van der Waals surface area contributed by atoms with Crippen LogP contribution in [0.1, 0.15) is 25.0 Å². The molecule has 0 fully saturated rings. The Kier molecular flexibility index (Phi) is 6.20. The van der Waals surface area contributed by atoms with E-state index in [1.165, 1.54) is 12.1 Å². The molecule has 0 aromatic heterocycles. The van der Waals surface area contributed by atoms with Gasteiger partial charge in [-0.3, -0.25) is 4.79 Å². The van der Waals surface area contributed by atoms with Gasteiger partial charge >= 0.3 is 6.18 Å². The Bertz CT molecular complexity index is 457. The number of carbonyl (C=O) groups is 1. The lowest BCUT2D eigenvalue weighted by Gasteiger charge is -2.15. The Hall–Kier alpha value is -1.56. The van der Waals surface area contributed by atoms with Crippen molar-refractivity contribution in [1.29, 1.82) is 0 Å². The van der Waals surface area contributed by atoms with Crippen LogP contribution in [-0.2, 0) is 17.4 Å². The molecule has 1 amide bonds. The van der Waals surface area contributed by atoms with Crippen molar-refractivity contribution >= 4 is 5.91 Å². The summed E-state index contributed by atoms with van der Waals surface area (Å²) < 4.78 is 37.3. The molecule has 1 aromatic carbocycles. The molecular formula is C15H20F3NO2. The van der Waals surface area contributed by atoms with Crippen LogP contribution in [0, 0.1) is 11.8 Å². The van der Waals surface area contributed by atoms with Crippen LogP contribution in [0.3, 0.4) is 0 Å². The molecule has 0 aliphatic rings. The SMILES string of the molecule is CC(CO)CNC(=O)C(C)Cc1ccc(C(F)(F)F)cc1. The molecule has 0 saturated heterocycles. The number of alkyl halides is 3. The third kappa shape index (κ3) is 5.75. The molecule has 0 radical (unpaired) electrons. The van der Waals surface area contributed by atoms with Crippen molar-refractivity contribution in [2.75, 3.05) is 13.2 Å². The van der Waals surface area contributed by atoms with Gasteiger partial charge in [0.2, 0.25) is 5.91 Å². The molecule has 0 spiro atoms. The molecule has 0 bridgehead atoms. The first-order valence-electron chi connectivity index (χ1n) is 6.78. The molecule has 1 aromatic rings. The van der Waals surface area contributed by atoms with Gasteiger partial charge in [-0.1, -0.05) is 26.0 Å². The van der Waals surface area contributed by atoms with Gasteiger partial charge in [-0.2, -0.15) is 13.2 Å². The Morgan fingerprint density at radius 3 is 2.29 bits per heavy atom. The Morgan fingerprint density at radius 1 is 1.24 bits per heavy atom. The van der Waals surface area contributed by atoms with E-state index in [0.29, 0.717) is 18.5 Å². The third-order valence-electron chi connectivity index (χ3n) is 3.21. The fourth-order valence-electron chi connectivity index (χ4n) is 1.79. The van der Waals surface area contributed by atoms with Crippen molar-refractivity contribution < 1.29 is 23.1 Å². The normalized spacial score (nSPS) is 14.6. The van der Waals surface area contributed by atoms with Crippen LogP contribution in [0.15, 0.2) is 24.3 Å². The van der Waals surface area contributed by atoms with E-state index in [1.54, 1.807) is 13.8 Å². The third-order valence-corrected chi connectivity index (χ3v) is 3.21. The zero-order valence-corrected chi connectivity index (χ0v) is 12.1. The number of halogens is 3. The minimum absolute atomic E-state index is 0.00638.